The molecule has 0 aromatic heterocycles. The molecule has 5 nitrogen and oxygen atoms in total. The van der Waals surface area contributed by atoms with Crippen molar-refractivity contribution in [2.75, 3.05) is 51.8 Å². The van der Waals surface area contributed by atoms with E-state index in [2.05, 4.69) is 22.3 Å². The van der Waals surface area contributed by atoms with Crippen molar-refractivity contribution < 1.29 is 13.9 Å². The largest absolute Gasteiger partial charge is 0.492 e. The molecule has 6 heteroatoms. The van der Waals surface area contributed by atoms with Crippen LogP contribution in [-0.2, 0) is 4.79 Å². The number of ether oxygens (including phenoxy) is 1. The first-order valence-corrected chi connectivity index (χ1v) is 9.14. The van der Waals surface area contributed by atoms with Crippen LogP contribution in [-0.4, -0.2) is 57.7 Å². The highest BCUT2D eigenvalue weighted by atomic mass is 19.1. The molecule has 0 aliphatic rings. The van der Waals surface area contributed by atoms with Crippen LogP contribution < -0.4 is 15.0 Å². The number of benzene rings is 2. The number of halogens is 1. The zero-order chi connectivity index (χ0) is 19.5. The monoisotopic (exact) mass is 373 g/mol. The fraction of sp³-hybridized carbons (Fsp3) is 0.381. The summed E-state index contributed by atoms with van der Waals surface area (Å²) in [6, 6.07) is 16.1. The fourth-order valence-electron chi connectivity index (χ4n) is 2.59. The van der Waals surface area contributed by atoms with Gasteiger partial charge in [-0.25, -0.2) is 4.39 Å². The van der Waals surface area contributed by atoms with Gasteiger partial charge in [-0.1, -0.05) is 18.2 Å². The Kier molecular flexibility index (Phi) is 8.58. The van der Waals surface area contributed by atoms with Gasteiger partial charge in [0.05, 0.1) is 6.54 Å². The van der Waals surface area contributed by atoms with Gasteiger partial charge in [0.15, 0.2) is 0 Å². The molecule has 2 aromatic rings. The Morgan fingerprint density at radius 3 is 2.44 bits per heavy atom. The highest BCUT2D eigenvalue weighted by Crippen LogP contribution is 2.11. The van der Waals surface area contributed by atoms with Gasteiger partial charge in [0, 0.05) is 32.4 Å². The fourth-order valence-corrected chi connectivity index (χ4v) is 2.59. The van der Waals surface area contributed by atoms with Gasteiger partial charge in [-0.15, -0.1) is 0 Å². The highest BCUT2D eigenvalue weighted by Gasteiger charge is 2.07. The van der Waals surface area contributed by atoms with Crippen LogP contribution in [0.1, 0.15) is 6.42 Å². The lowest BCUT2D eigenvalue weighted by molar-refractivity contribution is -0.122. The molecule has 0 radical (unpaired) electrons. The third-order valence-corrected chi connectivity index (χ3v) is 4.16. The number of para-hydroxylation sites is 1. The zero-order valence-electron chi connectivity index (χ0n) is 16.0. The Bertz CT molecular complexity index is 680. The van der Waals surface area contributed by atoms with Gasteiger partial charge in [0.1, 0.15) is 18.2 Å². The molecule has 1 amide bonds. The van der Waals surface area contributed by atoms with E-state index in [9.17, 15) is 9.18 Å². The number of carbonyl (C=O) groups excluding carboxylic acids is 1. The van der Waals surface area contributed by atoms with Crippen molar-refractivity contribution >= 4 is 11.6 Å². The maximum Gasteiger partial charge on any atom is 0.234 e. The van der Waals surface area contributed by atoms with E-state index in [-0.39, 0.29) is 11.7 Å². The Hall–Kier alpha value is -2.60. The quantitative estimate of drug-likeness (QED) is 0.615. The van der Waals surface area contributed by atoms with Crippen LogP contribution in [0.25, 0.3) is 0 Å². The second kappa shape index (κ2) is 11.2. The van der Waals surface area contributed by atoms with E-state index in [0.29, 0.717) is 32.0 Å². The molecule has 2 rings (SSSR count). The molecule has 0 aliphatic heterocycles. The van der Waals surface area contributed by atoms with Crippen LogP contribution in [0, 0.1) is 5.82 Å². The van der Waals surface area contributed by atoms with E-state index in [1.54, 1.807) is 12.1 Å². The standard InChI is InChI=1S/C21H28FN3O2/c1-24(15-16-27-20-11-9-18(22)10-12-20)17-21(26)23-13-6-14-25(2)19-7-4-3-5-8-19/h3-5,7-12H,6,13-17H2,1-2H3,(H,23,26). The summed E-state index contributed by atoms with van der Waals surface area (Å²) >= 11 is 0. The first-order valence-electron chi connectivity index (χ1n) is 9.14. The molecule has 0 unspecified atom stereocenters. The lowest BCUT2D eigenvalue weighted by atomic mass is 10.3. The molecule has 2 aromatic carbocycles. The van der Waals surface area contributed by atoms with E-state index < -0.39 is 0 Å². The predicted octanol–water partition coefficient (Wildman–Crippen LogP) is 2.78. The molecule has 0 heterocycles. The van der Waals surface area contributed by atoms with Gasteiger partial charge < -0.3 is 15.0 Å². The number of carbonyl (C=O) groups is 1. The third kappa shape index (κ3) is 8.09. The van der Waals surface area contributed by atoms with Crippen molar-refractivity contribution in [2.24, 2.45) is 0 Å². The third-order valence-electron chi connectivity index (χ3n) is 4.16. The molecule has 0 bridgehead atoms. The first-order chi connectivity index (χ1) is 13.0. The molecule has 0 saturated carbocycles. The molecule has 0 spiro atoms. The summed E-state index contributed by atoms with van der Waals surface area (Å²) in [7, 11) is 3.92. The average Bonchev–Trinajstić information content (AvgIpc) is 2.67. The average molecular weight is 373 g/mol. The number of anilines is 1. The number of hydrogen-bond donors (Lipinski definition) is 1. The van der Waals surface area contributed by atoms with Gasteiger partial charge >= 0.3 is 0 Å². The number of nitrogens with one attached hydrogen (secondary N) is 1. The zero-order valence-corrected chi connectivity index (χ0v) is 16.0. The van der Waals surface area contributed by atoms with Gasteiger partial charge in [-0.2, -0.15) is 0 Å². The van der Waals surface area contributed by atoms with E-state index in [1.165, 1.54) is 17.8 Å². The smallest absolute Gasteiger partial charge is 0.234 e. The Morgan fingerprint density at radius 2 is 1.74 bits per heavy atom. The van der Waals surface area contributed by atoms with E-state index in [1.807, 2.05) is 37.2 Å². The molecule has 146 valence electrons. The minimum Gasteiger partial charge on any atom is -0.492 e. The van der Waals surface area contributed by atoms with Gasteiger partial charge in [-0.05, 0) is 49.9 Å². The van der Waals surface area contributed by atoms with Crippen LogP contribution in [0.4, 0.5) is 10.1 Å². The van der Waals surface area contributed by atoms with Crippen molar-refractivity contribution in [3.8, 4) is 5.75 Å². The molecule has 1 N–H and O–H groups in total. The van der Waals surface area contributed by atoms with Gasteiger partial charge in [0.25, 0.3) is 0 Å². The summed E-state index contributed by atoms with van der Waals surface area (Å²) in [6.07, 6.45) is 0.883. The van der Waals surface area contributed by atoms with Crippen molar-refractivity contribution in [3.63, 3.8) is 0 Å². The summed E-state index contributed by atoms with van der Waals surface area (Å²) in [5.74, 6) is 0.338. The number of likely N-dealkylation sites (N-methyl/N-ethyl adjacent to an activating group) is 1. The minimum atomic E-state index is -0.286. The molecular weight excluding hydrogens is 345 g/mol. The highest BCUT2D eigenvalue weighted by molar-refractivity contribution is 5.77. The lowest BCUT2D eigenvalue weighted by Crippen LogP contribution is -2.38. The van der Waals surface area contributed by atoms with Crippen molar-refractivity contribution in [1.29, 1.82) is 0 Å². The summed E-state index contributed by atoms with van der Waals surface area (Å²) in [5, 5.41) is 2.94. The first kappa shape index (κ1) is 20.7. The molecular formula is C21H28FN3O2. The van der Waals surface area contributed by atoms with Crippen molar-refractivity contribution in [2.45, 2.75) is 6.42 Å². The van der Waals surface area contributed by atoms with Gasteiger partial charge in [0.2, 0.25) is 5.91 Å². The van der Waals surface area contributed by atoms with E-state index in [4.69, 9.17) is 4.74 Å². The Labute approximate surface area is 160 Å². The second-order valence-electron chi connectivity index (χ2n) is 6.50. The van der Waals surface area contributed by atoms with Crippen LogP contribution in [0.5, 0.6) is 5.75 Å². The summed E-state index contributed by atoms with van der Waals surface area (Å²) in [5.41, 5.74) is 1.17. The van der Waals surface area contributed by atoms with Crippen LogP contribution in [0.15, 0.2) is 54.6 Å². The number of rotatable bonds is 11. The van der Waals surface area contributed by atoms with Crippen LogP contribution >= 0.6 is 0 Å². The molecule has 0 saturated heterocycles. The number of nitrogens with zero attached hydrogens (tertiary/aromatic N) is 2. The van der Waals surface area contributed by atoms with Crippen LogP contribution in [0.3, 0.4) is 0 Å². The molecule has 0 atom stereocenters. The van der Waals surface area contributed by atoms with Gasteiger partial charge in [-0.3, -0.25) is 9.69 Å². The molecule has 0 fully saturated rings. The van der Waals surface area contributed by atoms with Crippen molar-refractivity contribution in [1.82, 2.24) is 10.2 Å². The van der Waals surface area contributed by atoms with Crippen LogP contribution in [0.2, 0.25) is 0 Å². The Balaban J connectivity index is 1.54. The second-order valence-corrected chi connectivity index (χ2v) is 6.50. The van der Waals surface area contributed by atoms with E-state index >= 15 is 0 Å². The Morgan fingerprint density at radius 1 is 1.04 bits per heavy atom. The maximum atomic E-state index is 12.8. The number of hydrogen-bond acceptors (Lipinski definition) is 4. The maximum absolute atomic E-state index is 12.8. The predicted molar refractivity (Wildman–Crippen MR) is 107 cm³/mol. The molecule has 27 heavy (non-hydrogen) atoms. The normalized spacial score (nSPS) is 10.7. The SMILES string of the molecule is CN(CCOc1ccc(F)cc1)CC(=O)NCCCN(C)c1ccccc1. The topological polar surface area (TPSA) is 44.8 Å². The lowest BCUT2D eigenvalue weighted by Gasteiger charge is -2.20. The van der Waals surface area contributed by atoms with E-state index in [0.717, 1.165) is 13.0 Å². The van der Waals surface area contributed by atoms with Crippen molar-refractivity contribution in [3.05, 3.63) is 60.4 Å². The summed E-state index contributed by atoms with van der Waals surface area (Å²) in [4.78, 5) is 16.1. The minimum absolute atomic E-state index is 0.00152. The summed E-state index contributed by atoms with van der Waals surface area (Å²) < 4.78 is 18.4. The molecule has 0 aliphatic carbocycles. The summed E-state index contributed by atoms with van der Waals surface area (Å²) in [6.45, 7) is 2.90. The number of amides is 1.